The van der Waals surface area contributed by atoms with Crippen molar-refractivity contribution in [2.24, 2.45) is 0 Å². The van der Waals surface area contributed by atoms with Crippen LogP contribution in [0.1, 0.15) is 23.2 Å². The molecule has 1 heterocycles. The highest BCUT2D eigenvalue weighted by Crippen LogP contribution is 2.23. The van der Waals surface area contributed by atoms with E-state index in [1.165, 1.54) is 0 Å². The number of carbonyl (C=O) groups is 1. The monoisotopic (exact) mass is 226 g/mol. The van der Waals surface area contributed by atoms with E-state index in [9.17, 15) is 13.6 Å². The maximum atomic E-state index is 12.6. The van der Waals surface area contributed by atoms with Crippen LogP contribution in [0.3, 0.4) is 0 Å². The SMILES string of the molecule is COC(=O)Cc1ncc(C#N)cc1C(F)F. The Morgan fingerprint density at radius 2 is 2.38 bits per heavy atom. The molecule has 84 valence electrons. The van der Waals surface area contributed by atoms with Gasteiger partial charge in [0.1, 0.15) is 6.07 Å². The molecule has 1 rings (SSSR count). The summed E-state index contributed by atoms with van der Waals surface area (Å²) in [5.74, 6) is -0.654. The summed E-state index contributed by atoms with van der Waals surface area (Å²) in [5.41, 5.74) is -0.450. The van der Waals surface area contributed by atoms with E-state index in [1.54, 1.807) is 6.07 Å². The fourth-order valence-corrected chi connectivity index (χ4v) is 1.12. The molecule has 0 saturated carbocycles. The highest BCUT2D eigenvalue weighted by molar-refractivity contribution is 5.72. The molecule has 0 aliphatic heterocycles. The summed E-state index contributed by atoms with van der Waals surface area (Å²) in [5, 5.41) is 8.54. The number of carbonyl (C=O) groups excluding carboxylic acids is 1. The van der Waals surface area contributed by atoms with Gasteiger partial charge in [0.15, 0.2) is 0 Å². The van der Waals surface area contributed by atoms with Crippen molar-refractivity contribution in [1.82, 2.24) is 4.98 Å². The Bertz CT molecular complexity index is 441. The number of ether oxygens (including phenoxy) is 1. The first-order valence-corrected chi connectivity index (χ1v) is 4.32. The number of pyridine rings is 1. The van der Waals surface area contributed by atoms with E-state index in [4.69, 9.17) is 5.26 Å². The quantitative estimate of drug-likeness (QED) is 0.734. The first-order valence-electron chi connectivity index (χ1n) is 4.32. The molecule has 0 aliphatic rings. The Balaban J connectivity index is 3.09. The van der Waals surface area contributed by atoms with Gasteiger partial charge in [0, 0.05) is 11.8 Å². The summed E-state index contributed by atoms with van der Waals surface area (Å²) in [6, 6.07) is 2.73. The lowest BCUT2D eigenvalue weighted by molar-refractivity contribution is -0.139. The van der Waals surface area contributed by atoms with Gasteiger partial charge < -0.3 is 4.74 Å². The van der Waals surface area contributed by atoms with Gasteiger partial charge in [0.25, 0.3) is 6.43 Å². The minimum absolute atomic E-state index is 0.0314. The fourth-order valence-electron chi connectivity index (χ4n) is 1.12. The predicted octanol–water partition coefficient (Wildman–Crippen LogP) is 1.61. The minimum atomic E-state index is -2.78. The second-order valence-electron chi connectivity index (χ2n) is 2.93. The molecule has 6 heteroatoms. The normalized spacial score (nSPS) is 9.94. The van der Waals surface area contributed by atoms with Crippen molar-refractivity contribution in [2.75, 3.05) is 7.11 Å². The van der Waals surface area contributed by atoms with Gasteiger partial charge in [-0.3, -0.25) is 9.78 Å². The van der Waals surface area contributed by atoms with Gasteiger partial charge in [-0.2, -0.15) is 5.26 Å². The number of hydrogen-bond donors (Lipinski definition) is 0. The summed E-state index contributed by atoms with van der Waals surface area (Å²) in [7, 11) is 1.16. The molecule has 0 amide bonds. The van der Waals surface area contributed by atoms with Crippen LogP contribution >= 0.6 is 0 Å². The topological polar surface area (TPSA) is 63.0 Å². The van der Waals surface area contributed by atoms with Crippen LogP contribution in [0.2, 0.25) is 0 Å². The number of aromatic nitrogens is 1. The third kappa shape index (κ3) is 2.73. The van der Waals surface area contributed by atoms with Crippen LogP contribution in [0, 0.1) is 11.3 Å². The summed E-state index contributed by atoms with van der Waals surface area (Å²) in [6.45, 7) is 0. The van der Waals surface area contributed by atoms with Crippen molar-refractivity contribution >= 4 is 5.97 Å². The van der Waals surface area contributed by atoms with Crippen LogP contribution in [0.5, 0.6) is 0 Å². The minimum Gasteiger partial charge on any atom is -0.469 e. The lowest BCUT2D eigenvalue weighted by Crippen LogP contribution is -2.09. The van der Waals surface area contributed by atoms with E-state index in [0.29, 0.717) is 0 Å². The first-order chi connectivity index (χ1) is 7.58. The van der Waals surface area contributed by atoms with Crippen LogP contribution in [0.15, 0.2) is 12.3 Å². The van der Waals surface area contributed by atoms with Crippen molar-refractivity contribution < 1.29 is 18.3 Å². The third-order valence-corrected chi connectivity index (χ3v) is 1.91. The number of nitriles is 1. The third-order valence-electron chi connectivity index (χ3n) is 1.91. The molecule has 0 saturated heterocycles. The number of halogens is 2. The van der Waals surface area contributed by atoms with Crippen molar-refractivity contribution in [3.63, 3.8) is 0 Å². The average Bonchev–Trinajstić information content (AvgIpc) is 2.29. The fraction of sp³-hybridized carbons (Fsp3) is 0.300. The lowest BCUT2D eigenvalue weighted by atomic mass is 10.1. The van der Waals surface area contributed by atoms with Crippen LogP contribution in [0.25, 0.3) is 0 Å². The zero-order chi connectivity index (χ0) is 12.1. The van der Waals surface area contributed by atoms with Gasteiger partial charge in [0.05, 0.1) is 24.8 Å². The number of rotatable bonds is 3. The maximum Gasteiger partial charge on any atom is 0.311 e. The van der Waals surface area contributed by atoms with Crippen molar-refractivity contribution in [3.8, 4) is 6.07 Å². The number of alkyl halides is 2. The van der Waals surface area contributed by atoms with E-state index in [0.717, 1.165) is 19.4 Å². The standard InChI is InChI=1S/C10H8F2N2O2/c1-16-9(15)3-8-7(10(11)12)2-6(4-13)5-14-8/h2,5,10H,3H2,1H3. The van der Waals surface area contributed by atoms with Gasteiger partial charge in [-0.05, 0) is 6.07 Å². The van der Waals surface area contributed by atoms with E-state index in [2.05, 4.69) is 9.72 Å². The molecule has 0 bridgehead atoms. The molecule has 1 aromatic heterocycles. The summed E-state index contributed by atoms with van der Waals surface area (Å²) >= 11 is 0. The van der Waals surface area contributed by atoms with Crippen molar-refractivity contribution in [1.29, 1.82) is 5.26 Å². The molecule has 16 heavy (non-hydrogen) atoms. The van der Waals surface area contributed by atoms with E-state index >= 15 is 0 Å². The molecule has 0 atom stereocenters. The smallest absolute Gasteiger partial charge is 0.311 e. The molecule has 4 nitrogen and oxygen atoms in total. The Labute approximate surface area is 90.5 Å². The van der Waals surface area contributed by atoms with Gasteiger partial charge in [-0.1, -0.05) is 0 Å². The van der Waals surface area contributed by atoms with E-state index < -0.39 is 18.0 Å². The molecule has 0 unspecified atom stereocenters. The zero-order valence-electron chi connectivity index (χ0n) is 8.41. The van der Waals surface area contributed by atoms with Crippen LogP contribution in [-0.2, 0) is 16.0 Å². The lowest BCUT2D eigenvalue weighted by Gasteiger charge is -2.06. The van der Waals surface area contributed by atoms with Gasteiger partial charge in [-0.15, -0.1) is 0 Å². The number of hydrogen-bond acceptors (Lipinski definition) is 4. The molecule has 1 aromatic rings. The summed E-state index contributed by atoms with van der Waals surface area (Å²) in [6.07, 6.45) is -1.97. The molecule has 0 aliphatic carbocycles. The summed E-state index contributed by atoms with van der Waals surface area (Å²) in [4.78, 5) is 14.6. The van der Waals surface area contributed by atoms with Crippen LogP contribution < -0.4 is 0 Å². The van der Waals surface area contributed by atoms with Crippen molar-refractivity contribution in [3.05, 3.63) is 29.1 Å². The van der Waals surface area contributed by atoms with E-state index in [1.807, 2.05) is 0 Å². The molecule has 0 spiro atoms. The van der Waals surface area contributed by atoms with E-state index in [-0.39, 0.29) is 17.7 Å². The number of nitrogens with zero attached hydrogens (tertiary/aromatic N) is 2. The predicted molar refractivity (Wildman–Crippen MR) is 49.6 cm³/mol. The van der Waals surface area contributed by atoms with Gasteiger partial charge in [0.2, 0.25) is 0 Å². The molecule has 0 aromatic carbocycles. The number of esters is 1. The van der Waals surface area contributed by atoms with Crippen LogP contribution in [-0.4, -0.2) is 18.1 Å². The molecule has 0 radical (unpaired) electrons. The second kappa shape index (κ2) is 5.16. The molecular weight excluding hydrogens is 218 g/mol. The largest absolute Gasteiger partial charge is 0.469 e. The van der Waals surface area contributed by atoms with Gasteiger partial charge >= 0.3 is 5.97 Å². The Morgan fingerprint density at radius 1 is 1.69 bits per heavy atom. The highest BCUT2D eigenvalue weighted by Gasteiger charge is 2.17. The molecule has 0 fully saturated rings. The summed E-state index contributed by atoms with van der Waals surface area (Å²) < 4.78 is 29.6. The second-order valence-corrected chi connectivity index (χ2v) is 2.93. The first kappa shape index (κ1) is 12.0. The Morgan fingerprint density at radius 3 is 2.88 bits per heavy atom. The van der Waals surface area contributed by atoms with Crippen molar-refractivity contribution in [2.45, 2.75) is 12.8 Å². The molecule has 0 N–H and O–H groups in total. The maximum absolute atomic E-state index is 12.6. The Hall–Kier alpha value is -2.03. The van der Waals surface area contributed by atoms with Gasteiger partial charge in [-0.25, -0.2) is 8.78 Å². The zero-order valence-corrected chi connectivity index (χ0v) is 8.41. The number of methoxy groups -OCH3 is 1. The Kier molecular flexibility index (Phi) is 3.89. The van der Waals surface area contributed by atoms with Crippen LogP contribution in [0.4, 0.5) is 8.78 Å². The molecular formula is C10H8F2N2O2. The average molecular weight is 226 g/mol. The highest BCUT2D eigenvalue weighted by atomic mass is 19.3.